The van der Waals surface area contributed by atoms with Gasteiger partial charge < -0.3 is 5.73 Å². The second kappa shape index (κ2) is 3.17. The molecule has 2 aromatic rings. The molecule has 1 unspecified atom stereocenters. The molecule has 14 heavy (non-hydrogen) atoms. The van der Waals surface area contributed by atoms with Gasteiger partial charge in [-0.1, -0.05) is 0 Å². The van der Waals surface area contributed by atoms with Gasteiger partial charge in [-0.2, -0.15) is 10.2 Å². The lowest BCUT2D eigenvalue weighted by Crippen LogP contribution is -2.10. The molecule has 2 heterocycles. The maximum Gasteiger partial charge on any atom is 0.122 e. The Bertz CT molecular complexity index is 428. The number of hydrogen-bond acceptors (Lipinski definition) is 3. The molecule has 0 bridgehead atoms. The number of rotatable bonds is 2. The van der Waals surface area contributed by atoms with Gasteiger partial charge in [0.1, 0.15) is 5.82 Å². The predicted octanol–water partition coefficient (Wildman–Crippen LogP) is 0.808. The second-order valence-electron chi connectivity index (χ2n) is 3.32. The van der Waals surface area contributed by atoms with E-state index in [9.17, 15) is 0 Å². The minimum atomic E-state index is 0.124. The molecule has 0 saturated heterocycles. The zero-order valence-electron chi connectivity index (χ0n) is 8.25. The number of aryl methyl sites for hydroxylation is 1. The van der Waals surface area contributed by atoms with Gasteiger partial charge in [0.15, 0.2) is 0 Å². The normalized spacial score (nSPS) is 13.0. The summed E-state index contributed by atoms with van der Waals surface area (Å²) in [6.07, 6.45) is 5.49. The summed E-state index contributed by atoms with van der Waals surface area (Å²) in [7, 11) is 1.89. The average molecular weight is 191 g/mol. The fraction of sp³-hybridized carbons (Fsp3) is 0.333. The molecule has 5 nitrogen and oxygen atoms in total. The lowest BCUT2D eigenvalue weighted by molar-refractivity contribution is 0.572. The molecule has 0 aliphatic heterocycles. The predicted molar refractivity (Wildman–Crippen MR) is 53.7 cm³/mol. The van der Waals surface area contributed by atoms with E-state index in [1.165, 1.54) is 0 Å². The zero-order valence-corrected chi connectivity index (χ0v) is 8.25. The topological polar surface area (TPSA) is 61.7 Å². The molecular weight excluding hydrogens is 178 g/mol. The smallest absolute Gasteiger partial charge is 0.122 e. The van der Waals surface area contributed by atoms with Crippen LogP contribution in [0.4, 0.5) is 5.82 Å². The molecule has 0 spiro atoms. The number of nitrogen functional groups attached to an aromatic ring is 1. The summed E-state index contributed by atoms with van der Waals surface area (Å²) in [5.41, 5.74) is 6.86. The van der Waals surface area contributed by atoms with Gasteiger partial charge in [-0.05, 0) is 13.0 Å². The largest absolute Gasteiger partial charge is 0.384 e. The van der Waals surface area contributed by atoms with Crippen LogP contribution in [0.5, 0.6) is 0 Å². The molecule has 2 rings (SSSR count). The Kier molecular flexibility index (Phi) is 1.99. The van der Waals surface area contributed by atoms with Crippen LogP contribution in [0.2, 0.25) is 0 Å². The summed E-state index contributed by atoms with van der Waals surface area (Å²) in [6.45, 7) is 2.04. The van der Waals surface area contributed by atoms with Crippen LogP contribution in [0.3, 0.4) is 0 Å². The van der Waals surface area contributed by atoms with E-state index in [4.69, 9.17) is 5.73 Å². The van der Waals surface area contributed by atoms with E-state index in [0.29, 0.717) is 5.82 Å². The van der Waals surface area contributed by atoms with Crippen molar-refractivity contribution in [2.75, 3.05) is 5.73 Å². The quantitative estimate of drug-likeness (QED) is 0.764. The third-order valence-electron chi connectivity index (χ3n) is 2.28. The lowest BCUT2D eigenvalue weighted by atomic mass is 10.2. The van der Waals surface area contributed by atoms with Crippen molar-refractivity contribution in [3.63, 3.8) is 0 Å². The number of anilines is 1. The van der Waals surface area contributed by atoms with E-state index in [2.05, 4.69) is 10.2 Å². The van der Waals surface area contributed by atoms with Gasteiger partial charge in [-0.25, -0.2) is 4.68 Å². The highest BCUT2D eigenvalue weighted by Gasteiger charge is 2.11. The van der Waals surface area contributed by atoms with Crippen LogP contribution in [-0.4, -0.2) is 19.6 Å². The Hall–Kier alpha value is -1.78. The van der Waals surface area contributed by atoms with Gasteiger partial charge in [-0.15, -0.1) is 0 Å². The molecule has 1 atom stereocenters. The van der Waals surface area contributed by atoms with Crippen molar-refractivity contribution in [3.05, 3.63) is 30.2 Å². The first kappa shape index (κ1) is 8.80. The van der Waals surface area contributed by atoms with Crippen LogP contribution in [0.1, 0.15) is 18.5 Å². The van der Waals surface area contributed by atoms with E-state index in [1.54, 1.807) is 21.6 Å². The molecule has 74 valence electrons. The van der Waals surface area contributed by atoms with Gasteiger partial charge >= 0.3 is 0 Å². The third-order valence-corrected chi connectivity index (χ3v) is 2.28. The summed E-state index contributed by atoms with van der Waals surface area (Å²) in [6, 6.07) is 1.91. The summed E-state index contributed by atoms with van der Waals surface area (Å²) in [4.78, 5) is 0. The van der Waals surface area contributed by atoms with Gasteiger partial charge in [-0.3, -0.25) is 4.68 Å². The van der Waals surface area contributed by atoms with E-state index in [-0.39, 0.29) is 6.04 Å². The molecule has 0 aromatic carbocycles. The number of nitrogens with two attached hydrogens (primary N) is 1. The Balaban J connectivity index is 2.33. The van der Waals surface area contributed by atoms with Crippen LogP contribution in [-0.2, 0) is 7.05 Å². The number of nitrogens with zero attached hydrogens (tertiary/aromatic N) is 4. The van der Waals surface area contributed by atoms with Crippen LogP contribution in [0, 0.1) is 0 Å². The molecule has 0 radical (unpaired) electrons. The number of aromatic nitrogens is 4. The van der Waals surface area contributed by atoms with Crippen molar-refractivity contribution in [2.45, 2.75) is 13.0 Å². The van der Waals surface area contributed by atoms with Crippen LogP contribution < -0.4 is 5.73 Å². The fourth-order valence-electron chi connectivity index (χ4n) is 1.45. The highest BCUT2D eigenvalue weighted by molar-refractivity contribution is 5.28. The molecule has 0 aliphatic carbocycles. The molecule has 0 saturated carbocycles. The van der Waals surface area contributed by atoms with Crippen LogP contribution >= 0.6 is 0 Å². The maximum atomic E-state index is 5.76. The molecular formula is C9H13N5. The molecule has 0 aliphatic rings. The minimum absolute atomic E-state index is 0.124. The SMILES string of the molecule is CC(c1cnn(C)c1)n1nccc1N. The first-order valence-corrected chi connectivity index (χ1v) is 4.46. The highest BCUT2D eigenvalue weighted by atomic mass is 15.3. The van der Waals surface area contributed by atoms with Crippen molar-refractivity contribution in [1.29, 1.82) is 0 Å². The van der Waals surface area contributed by atoms with Gasteiger partial charge in [0.25, 0.3) is 0 Å². The Morgan fingerprint density at radius 1 is 1.43 bits per heavy atom. The summed E-state index contributed by atoms with van der Waals surface area (Å²) in [5, 5.41) is 8.27. The summed E-state index contributed by atoms with van der Waals surface area (Å²) >= 11 is 0. The monoisotopic (exact) mass is 191 g/mol. The van der Waals surface area contributed by atoms with Crippen molar-refractivity contribution in [1.82, 2.24) is 19.6 Å². The van der Waals surface area contributed by atoms with Crippen molar-refractivity contribution >= 4 is 5.82 Å². The van der Waals surface area contributed by atoms with Crippen molar-refractivity contribution in [3.8, 4) is 0 Å². The van der Waals surface area contributed by atoms with E-state index in [0.717, 1.165) is 5.56 Å². The zero-order chi connectivity index (χ0) is 10.1. The molecule has 2 aromatic heterocycles. The van der Waals surface area contributed by atoms with Gasteiger partial charge in [0.05, 0.1) is 18.4 Å². The average Bonchev–Trinajstić information content (AvgIpc) is 2.73. The molecule has 2 N–H and O–H groups in total. The van der Waals surface area contributed by atoms with Crippen molar-refractivity contribution < 1.29 is 0 Å². The van der Waals surface area contributed by atoms with Gasteiger partial charge in [0, 0.05) is 18.8 Å². The minimum Gasteiger partial charge on any atom is -0.384 e. The summed E-state index contributed by atoms with van der Waals surface area (Å²) in [5.74, 6) is 0.668. The molecule has 0 amide bonds. The highest BCUT2D eigenvalue weighted by Crippen LogP contribution is 2.18. The fourth-order valence-corrected chi connectivity index (χ4v) is 1.45. The molecule has 0 fully saturated rings. The van der Waals surface area contributed by atoms with E-state index in [1.807, 2.05) is 26.4 Å². The van der Waals surface area contributed by atoms with Crippen molar-refractivity contribution in [2.24, 2.45) is 7.05 Å². The lowest BCUT2D eigenvalue weighted by Gasteiger charge is -2.11. The Morgan fingerprint density at radius 2 is 2.21 bits per heavy atom. The Morgan fingerprint density at radius 3 is 2.71 bits per heavy atom. The van der Waals surface area contributed by atoms with Gasteiger partial charge in [0.2, 0.25) is 0 Å². The first-order valence-electron chi connectivity index (χ1n) is 4.46. The standard InChI is InChI=1S/C9H13N5/c1-7(8-5-12-13(2)6-8)14-9(10)3-4-11-14/h3-7H,10H2,1-2H3. The summed E-state index contributed by atoms with van der Waals surface area (Å²) < 4.78 is 3.54. The molecule has 5 heteroatoms. The van der Waals surface area contributed by atoms with Crippen LogP contribution in [0.25, 0.3) is 0 Å². The second-order valence-corrected chi connectivity index (χ2v) is 3.32. The first-order chi connectivity index (χ1) is 6.68. The maximum absolute atomic E-state index is 5.76. The Labute approximate surface area is 82.1 Å². The van der Waals surface area contributed by atoms with E-state index >= 15 is 0 Å². The number of hydrogen-bond donors (Lipinski definition) is 1. The van der Waals surface area contributed by atoms with Crippen LogP contribution in [0.15, 0.2) is 24.7 Å². The van der Waals surface area contributed by atoms with E-state index < -0.39 is 0 Å². The third kappa shape index (κ3) is 1.37.